The second-order valence-corrected chi connectivity index (χ2v) is 10.1. The maximum absolute atomic E-state index is 10.5. The van der Waals surface area contributed by atoms with E-state index in [1.54, 1.807) is 0 Å². The SMILES string of the molecule is NC1CCCCC1.NCCCC(N)C(=O)O.O=C(O)C1CCCCC1.O=Cc1ccc(-c2ccccc2)cc1. The van der Waals surface area contributed by atoms with Crippen molar-refractivity contribution in [3.05, 3.63) is 60.2 Å². The van der Waals surface area contributed by atoms with Crippen molar-refractivity contribution < 1.29 is 24.6 Å². The van der Waals surface area contributed by atoms with Crippen LogP contribution in [0.4, 0.5) is 0 Å². The van der Waals surface area contributed by atoms with Crippen LogP contribution >= 0.6 is 0 Å². The summed E-state index contributed by atoms with van der Waals surface area (Å²) >= 11 is 0. The van der Waals surface area contributed by atoms with E-state index in [0.717, 1.165) is 37.5 Å². The van der Waals surface area contributed by atoms with Gasteiger partial charge in [-0.1, -0.05) is 93.1 Å². The molecule has 0 radical (unpaired) electrons. The maximum Gasteiger partial charge on any atom is 0.320 e. The fourth-order valence-corrected chi connectivity index (χ4v) is 4.33. The molecule has 0 spiro atoms. The van der Waals surface area contributed by atoms with Gasteiger partial charge in [-0.25, -0.2) is 0 Å². The molecule has 0 aromatic heterocycles. The molecule has 1 unspecified atom stereocenters. The van der Waals surface area contributed by atoms with Gasteiger partial charge in [0.25, 0.3) is 0 Å². The van der Waals surface area contributed by atoms with E-state index in [0.29, 0.717) is 31.0 Å². The third-order valence-electron chi connectivity index (χ3n) is 6.79. The largest absolute Gasteiger partial charge is 0.481 e. The molecule has 39 heavy (non-hydrogen) atoms. The lowest BCUT2D eigenvalue weighted by Crippen LogP contribution is -2.30. The molecule has 2 aliphatic rings. The van der Waals surface area contributed by atoms with Gasteiger partial charge in [-0.2, -0.15) is 0 Å². The summed E-state index contributed by atoms with van der Waals surface area (Å²) in [4.78, 5) is 30.8. The molecule has 2 aliphatic carbocycles. The van der Waals surface area contributed by atoms with Crippen molar-refractivity contribution in [1.29, 1.82) is 0 Å². The fourth-order valence-electron chi connectivity index (χ4n) is 4.33. The number of hydrogen-bond acceptors (Lipinski definition) is 6. The highest BCUT2D eigenvalue weighted by atomic mass is 16.4. The molecule has 2 saturated carbocycles. The van der Waals surface area contributed by atoms with Gasteiger partial charge in [0.1, 0.15) is 12.3 Å². The second kappa shape index (κ2) is 20.8. The molecular weight excluding hydrogens is 494 g/mol. The number of nitrogens with two attached hydrogens (primary N) is 3. The summed E-state index contributed by atoms with van der Waals surface area (Å²) in [5.41, 5.74) is 18.9. The summed E-state index contributed by atoms with van der Waals surface area (Å²) in [7, 11) is 0. The van der Waals surface area contributed by atoms with Crippen LogP contribution < -0.4 is 17.2 Å². The molecule has 0 aliphatic heterocycles. The van der Waals surface area contributed by atoms with Crippen LogP contribution in [0.15, 0.2) is 54.6 Å². The molecule has 0 bridgehead atoms. The first kappa shape index (κ1) is 34.0. The van der Waals surface area contributed by atoms with Crippen molar-refractivity contribution in [2.24, 2.45) is 23.1 Å². The predicted molar refractivity (Wildman–Crippen MR) is 156 cm³/mol. The topological polar surface area (TPSA) is 170 Å². The van der Waals surface area contributed by atoms with Crippen LogP contribution in [-0.4, -0.2) is 47.1 Å². The minimum atomic E-state index is -0.955. The van der Waals surface area contributed by atoms with E-state index in [1.807, 2.05) is 42.5 Å². The minimum Gasteiger partial charge on any atom is -0.481 e. The lowest BCUT2D eigenvalue weighted by Gasteiger charge is -2.16. The smallest absolute Gasteiger partial charge is 0.320 e. The number of carbonyl (C=O) groups excluding carboxylic acids is 1. The second-order valence-electron chi connectivity index (χ2n) is 10.1. The average molecular weight is 542 g/mol. The number of hydrogen-bond donors (Lipinski definition) is 5. The fraction of sp³-hybridized carbons (Fsp3) is 0.516. The lowest BCUT2D eigenvalue weighted by molar-refractivity contribution is -0.142. The molecule has 0 heterocycles. The Kier molecular flexibility index (Phi) is 18.1. The Hall–Kier alpha value is -3.07. The van der Waals surface area contributed by atoms with Crippen LogP contribution in [0.1, 0.15) is 87.4 Å². The zero-order valence-corrected chi connectivity index (χ0v) is 23.0. The van der Waals surface area contributed by atoms with Gasteiger partial charge in [0.2, 0.25) is 0 Å². The summed E-state index contributed by atoms with van der Waals surface area (Å²) < 4.78 is 0. The number of rotatable bonds is 7. The highest BCUT2D eigenvalue weighted by Crippen LogP contribution is 2.23. The Morgan fingerprint density at radius 2 is 1.33 bits per heavy atom. The van der Waals surface area contributed by atoms with E-state index in [1.165, 1.54) is 44.1 Å². The average Bonchev–Trinajstić information content (AvgIpc) is 2.98. The van der Waals surface area contributed by atoms with Crippen LogP contribution in [0.2, 0.25) is 0 Å². The van der Waals surface area contributed by atoms with Crippen LogP contribution in [0.25, 0.3) is 11.1 Å². The summed E-state index contributed by atoms with van der Waals surface area (Å²) in [6.45, 7) is 0.501. The van der Waals surface area contributed by atoms with Gasteiger partial charge in [-0.15, -0.1) is 0 Å². The van der Waals surface area contributed by atoms with E-state index in [4.69, 9.17) is 27.4 Å². The molecule has 2 aromatic rings. The molecule has 8 heteroatoms. The van der Waals surface area contributed by atoms with E-state index >= 15 is 0 Å². The zero-order chi connectivity index (χ0) is 28.9. The van der Waals surface area contributed by atoms with Crippen molar-refractivity contribution in [3.63, 3.8) is 0 Å². The first-order valence-electron chi connectivity index (χ1n) is 14.1. The van der Waals surface area contributed by atoms with Crippen LogP contribution in [0.5, 0.6) is 0 Å². The number of carboxylic acids is 2. The molecule has 4 rings (SSSR count). The Balaban J connectivity index is 0.000000270. The van der Waals surface area contributed by atoms with Gasteiger partial charge < -0.3 is 27.4 Å². The summed E-state index contributed by atoms with van der Waals surface area (Å²) in [5, 5.41) is 16.8. The molecule has 8 N–H and O–H groups in total. The molecular formula is C31H47N3O5. The Labute approximate surface area is 233 Å². The monoisotopic (exact) mass is 541 g/mol. The quantitative estimate of drug-likeness (QED) is 0.297. The molecule has 0 amide bonds. The predicted octanol–water partition coefficient (Wildman–Crippen LogP) is 5.23. The highest BCUT2D eigenvalue weighted by Gasteiger charge is 2.19. The summed E-state index contributed by atoms with van der Waals surface area (Å²) in [5.74, 6) is -1.59. The number of aliphatic carboxylic acids is 2. The van der Waals surface area contributed by atoms with Crippen molar-refractivity contribution >= 4 is 18.2 Å². The van der Waals surface area contributed by atoms with Gasteiger partial charge >= 0.3 is 11.9 Å². The van der Waals surface area contributed by atoms with Crippen molar-refractivity contribution in [2.75, 3.05) is 6.54 Å². The Morgan fingerprint density at radius 1 is 0.821 bits per heavy atom. The third-order valence-corrected chi connectivity index (χ3v) is 6.79. The maximum atomic E-state index is 10.5. The third kappa shape index (κ3) is 15.8. The van der Waals surface area contributed by atoms with Gasteiger partial charge in [-0.05, 0) is 56.2 Å². The molecule has 1 atom stereocenters. The lowest BCUT2D eigenvalue weighted by atomic mass is 9.90. The van der Waals surface area contributed by atoms with E-state index in [9.17, 15) is 14.4 Å². The van der Waals surface area contributed by atoms with Crippen LogP contribution in [-0.2, 0) is 9.59 Å². The molecule has 2 fully saturated rings. The first-order valence-corrected chi connectivity index (χ1v) is 14.1. The standard InChI is InChI=1S/C13H10O.C7H12O2.C6H13N.C5H12N2O2/c14-10-11-6-8-13(9-7-11)12-4-2-1-3-5-12;8-7(9)6-4-2-1-3-5-6;7-6-4-2-1-3-5-6;6-3-1-2-4(7)5(8)9/h1-10H;6H,1-5H2,(H,8,9);6H,1-5,7H2;4H,1-3,6-7H2,(H,8,9). The van der Waals surface area contributed by atoms with E-state index in [2.05, 4.69) is 12.1 Å². The Bertz CT molecular complexity index is 925. The van der Waals surface area contributed by atoms with Gasteiger partial charge in [0.15, 0.2) is 0 Å². The van der Waals surface area contributed by atoms with Gasteiger partial charge in [0.05, 0.1) is 5.92 Å². The zero-order valence-electron chi connectivity index (χ0n) is 23.0. The molecule has 2 aromatic carbocycles. The highest BCUT2D eigenvalue weighted by molar-refractivity contribution is 5.76. The van der Waals surface area contributed by atoms with E-state index in [-0.39, 0.29) is 5.92 Å². The molecule has 8 nitrogen and oxygen atoms in total. The van der Waals surface area contributed by atoms with Crippen molar-refractivity contribution in [2.45, 2.75) is 89.1 Å². The van der Waals surface area contributed by atoms with Crippen LogP contribution in [0, 0.1) is 5.92 Å². The van der Waals surface area contributed by atoms with Crippen molar-refractivity contribution in [1.82, 2.24) is 0 Å². The number of carboxylic acid groups (broad SMARTS) is 2. The summed E-state index contributed by atoms with van der Waals surface area (Å²) in [6.07, 6.45) is 13.9. The minimum absolute atomic E-state index is 0.0289. The number of carbonyl (C=O) groups is 3. The van der Waals surface area contributed by atoms with Gasteiger partial charge in [-0.3, -0.25) is 14.4 Å². The first-order chi connectivity index (χ1) is 18.8. The number of benzene rings is 2. The van der Waals surface area contributed by atoms with Crippen LogP contribution in [0.3, 0.4) is 0 Å². The Morgan fingerprint density at radius 3 is 1.72 bits per heavy atom. The van der Waals surface area contributed by atoms with E-state index < -0.39 is 18.0 Å². The van der Waals surface area contributed by atoms with Gasteiger partial charge in [0, 0.05) is 11.6 Å². The number of aldehydes is 1. The molecule has 216 valence electrons. The normalized spacial score (nSPS) is 16.1. The van der Waals surface area contributed by atoms with Crippen molar-refractivity contribution in [3.8, 4) is 11.1 Å². The summed E-state index contributed by atoms with van der Waals surface area (Å²) in [6, 6.07) is 17.5. The molecule has 0 saturated heterocycles.